The molecule has 0 radical (unpaired) electrons. The number of nitrogens with one attached hydrogen (secondary N) is 1. The lowest BCUT2D eigenvalue weighted by molar-refractivity contribution is 0.228. The highest BCUT2D eigenvalue weighted by Gasteiger charge is 2.07. The molecule has 11 heavy (non-hydrogen) atoms. The van der Waals surface area contributed by atoms with Crippen LogP contribution in [0, 0.1) is 0 Å². The Morgan fingerprint density at radius 1 is 1.73 bits per heavy atom. The molecule has 0 spiro atoms. The highest BCUT2D eigenvalue weighted by molar-refractivity contribution is 5.76. The average molecular weight is 152 g/mol. The Hall–Kier alpha value is -1.25. The SMILES string of the molecule is CNC(=O)N1C=CCC(C)=C1. The monoisotopic (exact) mass is 152 g/mol. The van der Waals surface area contributed by atoms with Crippen molar-refractivity contribution in [2.75, 3.05) is 7.05 Å². The minimum Gasteiger partial charge on any atom is -0.340 e. The van der Waals surface area contributed by atoms with E-state index in [0.717, 1.165) is 6.42 Å². The van der Waals surface area contributed by atoms with Gasteiger partial charge in [-0.15, -0.1) is 0 Å². The minimum atomic E-state index is -0.0969. The summed E-state index contributed by atoms with van der Waals surface area (Å²) in [7, 11) is 1.62. The average Bonchev–Trinajstić information content (AvgIpc) is 2.03. The number of amides is 2. The topological polar surface area (TPSA) is 32.3 Å². The van der Waals surface area contributed by atoms with Crippen molar-refractivity contribution in [3.8, 4) is 0 Å². The van der Waals surface area contributed by atoms with Gasteiger partial charge in [-0.2, -0.15) is 0 Å². The molecule has 1 heterocycles. The number of hydrogen-bond acceptors (Lipinski definition) is 1. The van der Waals surface area contributed by atoms with Crippen LogP contribution in [-0.2, 0) is 0 Å². The molecular weight excluding hydrogens is 140 g/mol. The maximum absolute atomic E-state index is 11.0. The van der Waals surface area contributed by atoms with Crippen LogP contribution in [0.15, 0.2) is 24.0 Å². The summed E-state index contributed by atoms with van der Waals surface area (Å²) in [4.78, 5) is 12.6. The number of carbonyl (C=O) groups excluding carboxylic acids is 1. The van der Waals surface area contributed by atoms with Gasteiger partial charge in [0, 0.05) is 19.4 Å². The van der Waals surface area contributed by atoms with Gasteiger partial charge in [0.15, 0.2) is 0 Å². The third-order valence-electron chi connectivity index (χ3n) is 1.51. The predicted molar refractivity (Wildman–Crippen MR) is 43.8 cm³/mol. The maximum Gasteiger partial charge on any atom is 0.325 e. The molecule has 0 bridgehead atoms. The summed E-state index contributed by atoms with van der Waals surface area (Å²) in [6.07, 6.45) is 6.50. The van der Waals surface area contributed by atoms with Gasteiger partial charge in [0.1, 0.15) is 0 Å². The molecule has 0 atom stereocenters. The Morgan fingerprint density at radius 3 is 3.00 bits per heavy atom. The molecule has 1 N–H and O–H groups in total. The smallest absolute Gasteiger partial charge is 0.325 e. The fraction of sp³-hybridized carbons (Fsp3) is 0.375. The lowest BCUT2D eigenvalue weighted by atomic mass is 10.2. The van der Waals surface area contributed by atoms with E-state index in [9.17, 15) is 4.79 Å². The van der Waals surface area contributed by atoms with Gasteiger partial charge in [-0.1, -0.05) is 11.6 Å². The van der Waals surface area contributed by atoms with E-state index < -0.39 is 0 Å². The molecule has 1 aliphatic rings. The number of allylic oxidation sites excluding steroid dienone is 2. The molecule has 0 aromatic rings. The van der Waals surface area contributed by atoms with Gasteiger partial charge in [0.25, 0.3) is 0 Å². The van der Waals surface area contributed by atoms with Crippen LogP contribution in [0.25, 0.3) is 0 Å². The Kier molecular flexibility index (Phi) is 2.31. The van der Waals surface area contributed by atoms with Gasteiger partial charge in [0.05, 0.1) is 0 Å². The van der Waals surface area contributed by atoms with Crippen LogP contribution in [0.5, 0.6) is 0 Å². The van der Waals surface area contributed by atoms with Gasteiger partial charge in [-0.25, -0.2) is 4.79 Å². The number of nitrogens with zero attached hydrogens (tertiary/aromatic N) is 1. The minimum absolute atomic E-state index is 0.0969. The van der Waals surface area contributed by atoms with Gasteiger partial charge < -0.3 is 5.32 Å². The van der Waals surface area contributed by atoms with Crippen molar-refractivity contribution in [1.82, 2.24) is 10.2 Å². The molecule has 0 aliphatic carbocycles. The van der Waals surface area contributed by atoms with E-state index in [1.54, 1.807) is 18.1 Å². The predicted octanol–water partition coefficient (Wildman–Crippen LogP) is 1.45. The Bertz CT molecular complexity index is 218. The first-order valence-corrected chi connectivity index (χ1v) is 3.58. The van der Waals surface area contributed by atoms with E-state index in [1.807, 2.05) is 19.2 Å². The Balaban J connectivity index is 2.65. The van der Waals surface area contributed by atoms with E-state index in [2.05, 4.69) is 5.32 Å². The zero-order valence-electron chi connectivity index (χ0n) is 6.79. The van der Waals surface area contributed by atoms with E-state index in [1.165, 1.54) is 5.57 Å². The zero-order chi connectivity index (χ0) is 8.27. The molecular formula is C8H12N2O. The van der Waals surface area contributed by atoms with Gasteiger partial charge in [-0.3, -0.25) is 4.90 Å². The Labute approximate surface area is 66.4 Å². The van der Waals surface area contributed by atoms with Crippen molar-refractivity contribution in [2.45, 2.75) is 13.3 Å². The summed E-state index contributed by atoms with van der Waals surface area (Å²) in [6, 6.07) is -0.0969. The van der Waals surface area contributed by atoms with Crippen molar-refractivity contribution in [3.05, 3.63) is 24.0 Å². The van der Waals surface area contributed by atoms with E-state index in [0.29, 0.717) is 0 Å². The van der Waals surface area contributed by atoms with Crippen LogP contribution in [0.3, 0.4) is 0 Å². The molecule has 0 fully saturated rings. The molecule has 2 amide bonds. The molecule has 0 unspecified atom stereocenters. The van der Waals surface area contributed by atoms with Gasteiger partial charge >= 0.3 is 6.03 Å². The van der Waals surface area contributed by atoms with Crippen LogP contribution in [0.2, 0.25) is 0 Å². The highest BCUT2D eigenvalue weighted by atomic mass is 16.2. The van der Waals surface area contributed by atoms with Crippen LogP contribution in [0.4, 0.5) is 4.79 Å². The quantitative estimate of drug-likeness (QED) is 0.559. The van der Waals surface area contributed by atoms with E-state index in [-0.39, 0.29) is 6.03 Å². The van der Waals surface area contributed by atoms with Gasteiger partial charge in [0.2, 0.25) is 0 Å². The van der Waals surface area contributed by atoms with Crippen LogP contribution in [-0.4, -0.2) is 18.0 Å². The van der Waals surface area contributed by atoms with Crippen molar-refractivity contribution >= 4 is 6.03 Å². The second-order valence-electron chi connectivity index (χ2n) is 2.53. The third kappa shape index (κ3) is 1.83. The molecule has 3 heteroatoms. The number of carbonyl (C=O) groups is 1. The largest absolute Gasteiger partial charge is 0.340 e. The molecule has 0 aromatic heterocycles. The summed E-state index contributed by atoms with van der Waals surface area (Å²) in [5.41, 5.74) is 1.19. The number of rotatable bonds is 0. The number of hydrogen-bond donors (Lipinski definition) is 1. The summed E-state index contributed by atoms with van der Waals surface area (Å²) in [5, 5.41) is 2.55. The molecule has 0 aromatic carbocycles. The second kappa shape index (κ2) is 3.23. The van der Waals surface area contributed by atoms with Gasteiger partial charge in [-0.05, 0) is 13.3 Å². The van der Waals surface area contributed by atoms with Crippen molar-refractivity contribution in [1.29, 1.82) is 0 Å². The highest BCUT2D eigenvalue weighted by Crippen LogP contribution is 2.10. The van der Waals surface area contributed by atoms with Crippen molar-refractivity contribution in [3.63, 3.8) is 0 Å². The second-order valence-corrected chi connectivity index (χ2v) is 2.53. The normalized spacial score (nSPS) is 16.2. The Morgan fingerprint density at radius 2 is 2.45 bits per heavy atom. The first kappa shape index (κ1) is 7.85. The lowest BCUT2D eigenvalue weighted by Gasteiger charge is -2.17. The third-order valence-corrected chi connectivity index (χ3v) is 1.51. The summed E-state index contributed by atoms with van der Waals surface area (Å²) >= 11 is 0. The van der Waals surface area contributed by atoms with Crippen molar-refractivity contribution in [2.24, 2.45) is 0 Å². The standard InChI is InChI=1S/C8H12N2O/c1-7-4-3-5-10(6-7)8(11)9-2/h3,5-6H,4H2,1-2H3,(H,9,11). The zero-order valence-corrected chi connectivity index (χ0v) is 6.79. The summed E-state index contributed by atoms with van der Waals surface area (Å²) < 4.78 is 0. The van der Waals surface area contributed by atoms with E-state index >= 15 is 0 Å². The maximum atomic E-state index is 11.0. The van der Waals surface area contributed by atoms with Crippen LogP contribution >= 0.6 is 0 Å². The fourth-order valence-electron chi connectivity index (χ4n) is 0.941. The van der Waals surface area contributed by atoms with Crippen LogP contribution in [0.1, 0.15) is 13.3 Å². The fourth-order valence-corrected chi connectivity index (χ4v) is 0.941. The number of urea groups is 1. The molecule has 1 aliphatic heterocycles. The first-order valence-electron chi connectivity index (χ1n) is 3.58. The van der Waals surface area contributed by atoms with E-state index in [4.69, 9.17) is 0 Å². The van der Waals surface area contributed by atoms with Crippen molar-refractivity contribution < 1.29 is 4.79 Å². The molecule has 0 saturated carbocycles. The lowest BCUT2D eigenvalue weighted by Crippen LogP contribution is -2.31. The first-order chi connectivity index (χ1) is 5.24. The molecule has 3 nitrogen and oxygen atoms in total. The molecule has 60 valence electrons. The summed E-state index contributed by atoms with van der Waals surface area (Å²) in [5.74, 6) is 0. The molecule has 0 saturated heterocycles. The summed E-state index contributed by atoms with van der Waals surface area (Å²) in [6.45, 7) is 2.00. The molecule has 1 rings (SSSR count). The van der Waals surface area contributed by atoms with Crippen LogP contribution < -0.4 is 5.32 Å².